The normalized spacial score (nSPS) is 9.25. The fraction of sp³-hybridized carbons (Fsp3) is 0.0556. The van der Waals surface area contributed by atoms with Gasteiger partial charge in [0.05, 0.1) is 0 Å². The van der Waals surface area contributed by atoms with Gasteiger partial charge in [-0.1, -0.05) is 35.9 Å². The van der Waals surface area contributed by atoms with Crippen molar-refractivity contribution in [3.63, 3.8) is 0 Å². The predicted octanol–water partition coefficient (Wildman–Crippen LogP) is 4.58. The number of benzene rings is 2. The number of fused-ring (bicyclic) bond motifs is 1. The van der Waals surface area contributed by atoms with Crippen LogP contribution in [0.5, 0.6) is 0 Å². The van der Waals surface area contributed by atoms with Crippen LogP contribution >= 0.6 is 0 Å². The van der Waals surface area contributed by atoms with Crippen molar-refractivity contribution in [1.29, 1.82) is 0 Å². The van der Waals surface area contributed by atoms with Gasteiger partial charge < -0.3 is 20.6 Å². The molecule has 0 saturated carbocycles. The SMILES string of the molecule is NCc1cccc(-c2cccc3[cH-]ccc23)c1.[CH3-].[CH3-].[Hf]. The van der Waals surface area contributed by atoms with Crippen LogP contribution in [0.1, 0.15) is 5.56 Å². The third kappa shape index (κ3) is 3.50. The number of rotatable bonds is 2. The van der Waals surface area contributed by atoms with Crippen molar-refractivity contribution >= 4 is 10.8 Å². The Hall–Kier alpha value is -1.12. The summed E-state index contributed by atoms with van der Waals surface area (Å²) in [6, 6.07) is 21.3. The summed E-state index contributed by atoms with van der Waals surface area (Å²) in [5.41, 5.74) is 9.38. The van der Waals surface area contributed by atoms with E-state index in [1.807, 2.05) is 0 Å². The molecule has 0 aliphatic rings. The van der Waals surface area contributed by atoms with Gasteiger partial charge in [-0.25, -0.2) is 0 Å². The van der Waals surface area contributed by atoms with Gasteiger partial charge in [0.2, 0.25) is 0 Å². The van der Waals surface area contributed by atoms with Crippen molar-refractivity contribution < 1.29 is 25.8 Å². The zero-order valence-electron chi connectivity index (χ0n) is 12.1. The molecular weight excluding hydrogens is 409 g/mol. The zero-order chi connectivity index (χ0) is 11.7. The van der Waals surface area contributed by atoms with Crippen LogP contribution in [0.2, 0.25) is 0 Å². The fourth-order valence-corrected chi connectivity index (χ4v) is 2.28. The first-order chi connectivity index (χ1) is 8.38. The second-order valence-electron chi connectivity index (χ2n) is 4.24. The minimum Gasteiger partial charge on any atom is -0.358 e. The Morgan fingerprint density at radius 1 is 0.950 bits per heavy atom. The van der Waals surface area contributed by atoms with Crippen molar-refractivity contribution in [2.45, 2.75) is 6.54 Å². The molecule has 2 N–H and O–H groups in total. The number of hydrogen-bond acceptors (Lipinski definition) is 1. The maximum Gasteiger partial charge on any atom is 0.0178 e. The van der Waals surface area contributed by atoms with E-state index in [-0.39, 0.29) is 40.7 Å². The van der Waals surface area contributed by atoms with E-state index in [9.17, 15) is 0 Å². The molecule has 3 aromatic rings. The number of nitrogens with two attached hydrogens (primary N) is 1. The molecule has 0 fully saturated rings. The van der Waals surface area contributed by atoms with Crippen LogP contribution in [0, 0.1) is 14.9 Å². The quantitative estimate of drug-likeness (QED) is 0.469. The van der Waals surface area contributed by atoms with Gasteiger partial charge in [-0.2, -0.15) is 12.1 Å². The minimum absolute atomic E-state index is 0. The molecule has 0 heterocycles. The molecule has 0 aliphatic carbocycles. The monoisotopic (exact) mass is 430 g/mol. The average molecular weight is 429 g/mol. The van der Waals surface area contributed by atoms with Gasteiger partial charge in [0.15, 0.2) is 0 Å². The van der Waals surface area contributed by atoms with Gasteiger partial charge >= 0.3 is 0 Å². The molecule has 0 aromatic heterocycles. The third-order valence-electron chi connectivity index (χ3n) is 3.15. The van der Waals surface area contributed by atoms with E-state index in [0.717, 1.165) is 0 Å². The van der Waals surface area contributed by atoms with Crippen LogP contribution in [0.25, 0.3) is 21.9 Å². The van der Waals surface area contributed by atoms with E-state index < -0.39 is 0 Å². The Bertz CT molecular complexity index is 655. The van der Waals surface area contributed by atoms with Crippen LogP contribution in [-0.4, -0.2) is 0 Å². The second kappa shape index (κ2) is 8.23. The van der Waals surface area contributed by atoms with Gasteiger partial charge in [0.25, 0.3) is 0 Å². The van der Waals surface area contributed by atoms with Crippen molar-refractivity contribution in [3.8, 4) is 11.1 Å². The van der Waals surface area contributed by atoms with E-state index in [2.05, 4.69) is 60.7 Å². The molecule has 0 spiro atoms. The molecule has 0 amide bonds. The Morgan fingerprint density at radius 3 is 2.45 bits per heavy atom. The van der Waals surface area contributed by atoms with Gasteiger partial charge in [0.1, 0.15) is 0 Å². The Kier molecular flexibility index (Phi) is 7.77. The molecule has 1 nitrogen and oxygen atoms in total. The summed E-state index contributed by atoms with van der Waals surface area (Å²) in [6.45, 7) is 0.588. The smallest absolute Gasteiger partial charge is 0.0178 e. The maximum absolute atomic E-state index is 5.69. The first-order valence-corrected chi connectivity index (χ1v) is 5.82. The standard InChI is InChI=1S/C16H14N.2CH3.Hf/c17-11-12-4-1-7-14(10-12)16-9-3-6-13-5-2-8-15(13)16;;;/h1-10H,11,17H2;2*1H3;/q3*-1;. The van der Waals surface area contributed by atoms with Crippen LogP contribution in [0.4, 0.5) is 0 Å². The summed E-state index contributed by atoms with van der Waals surface area (Å²) in [6.07, 6.45) is 0. The third-order valence-corrected chi connectivity index (χ3v) is 3.15. The predicted molar refractivity (Wildman–Crippen MR) is 85.7 cm³/mol. The van der Waals surface area contributed by atoms with E-state index >= 15 is 0 Å². The molecule has 0 unspecified atom stereocenters. The molecule has 104 valence electrons. The van der Waals surface area contributed by atoms with Crippen LogP contribution < -0.4 is 5.73 Å². The Labute approximate surface area is 141 Å². The van der Waals surface area contributed by atoms with E-state index in [0.29, 0.717) is 6.54 Å². The van der Waals surface area contributed by atoms with Crippen molar-refractivity contribution in [1.82, 2.24) is 0 Å². The molecular formula is C18H20HfN-3. The van der Waals surface area contributed by atoms with Crippen molar-refractivity contribution in [2.75, 3.05) is 0 Å². The van der Waals surface area contributed by atoms with Crippen molar-refractivity contribution in [2.24, 2.45) is 5.73 Å². The van der Waals surface area contributed by atoms with Crippen molar-refractivity contribution in [3.05, 3.63) is 81.1 Å². The summed E-state index contributed by atoms with van der Waals surface area (Å²) in [5.74, 6) is 0. The maximum atomic E-state index is 5.69. The van der Waals surface area contributed by atoms with Crippen LogP contribution in [0.15, 0.2) is 60.7 Å². The molecule has 0 radical (unpaired) electrons. The Balaban J connectivity index is 0.00000120. The molecule has 0 saturated heterocycles. The molecule has 3 rings (SSSR count). The molecule has 0 aliphatic heterocycles. The van der Waals surface area contributed by atoms with Crippen LogP contribution in [0.3, 0.4) is 0 Å². The second-order valence-corrected chi connectivity index (χ2v) is 4.24. The van der Waals surface area contributed by atoms with Gasteiger partial charge in [0, 0.05) is 32.4 Å². The topological polar surface area (TPSA) is 26.0 Å². The van der Waals surface area contributed by atoms with E-state index in [4.69, 9.17) is 5.73 Å². The average Bonchev–Trinajstić information content (AvgIpc) is 2.87. The minimum atomic E-state index is 0. The fourth-order valence-electron chi connectivity index (χ4n) is 2.28. The molecule has 20 heavy (non-hydrogen) atoms. The Morgan fingerprint density at radius 2 is 1.70 bits per heavy atom. The molecule has 0 bridgehead atoms. The van der Waals surface area contributed by atoms with Crippen LogP contribution in [-0.2, 0) is 32.4 Å². The molecule has 0 atom stereocenters. The molecule has 2 heteroatoms. The first kappa shape index (κ1) is 18.9. The number of hydrogen-bond donors (Lipinski definition) is 1. The largest absolute Gasteiger partial charge is 0.358 e. The summed E-state index contributed by atoms with van der Waals surface area (Å²) >= 11 is 0. The summed E-state index contributed by atoms with van der Waals surface area (Å²) in [5, 5.41) is 2.60. The summed E-state index contributed by atoms with van der Waals surface area (Å²) < 4.78 is 0. The van der Waals surface area contributed by atoms with E-state index in [1.54, 1.807) is 0 Å². The van der Waals surface area contributed by atoms with Gasteiger partial charge in [-0.3, -0.25) is 0 Å². The molecule has 3 aromatic carbocycles. The first-order valence-electron chi connectivity index (χ1n) is 5.82. The zero-order valence-corrected chi connectivity index (χ0v) is 15.7. The van der Waals surface area contributed by atoms with E-state index in [1.165, 1.54) is 27.5 Å². The van der Waals surface area contributed by atoms with Gasteiger partial charge in [-0.05, 0) is 11.1 Å². The summed E-state index contributed by atoms with van der Waals surface area (Å²) in [7, 11) is 0. The van der Waals surface area contributed by atoms with Gasteiger partial charge in [-0.15, -0.1) is 29.0 Å². The summed E-state index contributed by atoms with van der Waals surface area (Å²) in [4.78, 5) is 0.